The predicted octanol–water partition coefficient (Wildman–Crippen LogP) is 3.42. The molecule has 0 unspecified atom stereocenters. The molecule has 2 aromatic rings. The van der Waals surface area contributed by atoms with E-state index < -0.39 is 21.7 Å². The quantitative estimate of drug-likeness (QED) is 0.636. The van der Waals surface area contributed by atoms with Crippen LogP contribution in [0.4, 0.5) is 20.2 Å². The SMILES string of the molecule is Cc1cccc(N)c1S(=O)(=O)Nc1cc(Br)c(F)cc1F. The molecule has 8 heteroatoms. The summed E-state index contributed by atoms with van der Waals surface area (Å²) >= 11 is 2.87. The molecule has 0 saturated carbocycles. The van der Waals surface area contributed by atoms with E-state index in [0.717, 1.165) is 6.07 Å². The number of aryl methyl sites for hydroxylation is 1. The van der Waals surface area contributed by atoms with Crippen molar-refractivity contribution in [2.75, 3.05) is 10.5 Å². The normalized spacial score (nSPS) is 11.4. The molecular weight excluding hydrogens is 366 g/mol. The van der Waals surface area contributed by atoms with Crippen molar-refractivity contribution in [1.82, 2.24) is 0 Å². The summed E-state index contributed by atoms with van der Waals surface area (Å²) < 4.78 is 53.5. The van der Waals surface area contributed by atoms with Crippen molar-refractivity contribution in [2.24, 2.45) is 0 Å². The monoisotopic (exact) mass is 376 g/mol. The minimum Gasteiger partial charge on any atom is -0.398 e. The van der Waals surface area contributed by atoms with Crippen molar-refractivity contribution in [3.8, 4) is 0 Å². The Morgan fingerprint density at radius 2 is 1.86 bits per heavy atom. The molecule has 0 bridgehead atoms. The fourth-order valence-corrected chi connectivity index (χ4v) is 3.60. The zero-order chi connectivity index (χ0) is 15.8. The minimum atomic E-state index is -4.09. The van der Waals surface area contributed by atoms with Crippen LogP contribution in [0.5, 0.6) is 0 Å². The second-order valence-corrected chi connectivity index (χ2v) is 6.82. The molecule has 0 fully saturated rings. The molecule has 4 nitrogen and oxygen atoms in total. The van der Waals surface area contributed by atoms with Gasteiger partial charge in [-0.2, -0.15) is 0 Å². The number of nitrogens with two attached hydrogens (primary N) is 1. The molecule has 0 amide bonds. The molecule has 0 aliphatic rings. The number of benzene rings is 2. The van der Waals surface area contributed by atoms with E-state index in [1.165, 1.54) is 6.07 Å². The van der Waals surface area contributed by atoms with Crippen LogP contribution >= 0.6 is 15.9 Å². The van der Waals surface area contributed by atoms with Gasteiger partial charge in [-0.25, -0.2) is 17.2 Å². The van der Waals surface area contributed by atoms with Crippen LogP contribution in [0.2, 0.25) is 0 Å². The van der Waals surface area contributed by atoms with Gasteiger partial charge >= 0.3 is 0 Å². The highest BCUT2D eigenvalue weighted by Gasteiger charge is 2.22. The van der Waals surface area contributed by atoms with Crippen LogP contribution in [0.1, 0.15) is 5.56 Å². The third-order valence-electron chi connectivity index (χ3n) is 2.77. The number of halogens is 3. The van der Waals surface area contributed by atoms with Crippen molar-refractivity contribution >= 4 is 37.3 Å². The summed E-state index contributed by atoms with van der Waals surface area (Å²) in [6.45, 7) is 1.57. The number of nitrogen functional groups attached to an aromatic ring is 1. The van der Waals surface area contributed by atoms with Gasteiger partial charge in [-0.3, -0.25) is 4.72 Å². The van der Waals surface area contributed by atoms with Crippen molar-refractivity contribution in [1.29, 1.82) is 0 Å². The molecule has 0 saturated heterocycles. The summed E-state index contributed by atoms with van der Waals surface area (Å²) in [7, 11) is -4.09. The minimum absolute atomic E-state index is 0.0454. The highest BCUT2D eigenvalue weighted by Crippen LogP contribution is 2.28. The first-order valence-corrected chi connectivity index (χ1v) is 8.02. The zero-order valence-electron chi connectivity index (χ0n) is 10.8. The summed E-state index contributed by atoms with van der Waals surface area (Å²) in [5.41, 5.74) is 5.77. The maximum Gasteiger partial charge on any atom is 0.264 e. The summed E-state index contributed by atoms with van der Waals surface area (Å²) in [6.07, 6.45) is 0. The van der Waals surface area contributed by atoms with Crippen LogP contribution in [-0.4, -0.2) is 8.42 Å². The van der Waals surface area contributed by atoms with E-state index in [9.17, 15) is 17.2 Å². The maximum atomic E-state index is 13.7. The third-order valence-corrected chi connectivity index (χ3v) is 4.96. The molecule has 112 valence electrons. The van der Waals surface area contributed by atoms with Crippen LogP contribution in [0.3, 0.4) is 0 Å². The first kappa shape index (κ1) is 15.7. The lowest BCUT2D eigenvalue weighted by Crippen LogP contribution is -2.17. The van der Waals surface area contributed by atoms with Crippen LogP contribution in [0.15, 0.2) is 39.7 Å². The van der Waals surface area contributed by atoms with Crippen LogP contribution in [-0.2, 0) is 10.0 Å². The zero-order valence-corrected chi connectivity index (χ0v) is 13.2. The Morgan fingerprint density at radius 1 is 1.19 bits per heavy atom. The van der Waals surface area contributed by atoms with Gasteiger partial charge in [0.15, 0.2) is 0 Å². The molecule has 0 aromatic heterocycles. The first-order valence-electron chi connectivity index (χ1n) is 5.75. The topological polar surface area (TPSA) is 72.2 Å². The highest BCUT2D eigenvalue weighted by molar-refractivity contribution is 9.10. The lowest BCUT2D eigenvalue weighted by molar-refractivity contribution is 0.579. The van der Waals surface area contributed by atoms with Crippen LogP contribution < -0.4 is 10.5 Å². The standard InChI is InChI=1S/C13H11BrF2N2O2S/c1-7-3-2-4-11(17)13(7)21(19,20)18-12-5-8(14)9(15)6-10(12)16/h2-6,18H,17H2,1H3. The Kier molecular flexibility index (Phi) is 4.20. The van der Waals surface area contributed by atoms with E-state index in [1.807, 2.05) is 0 Å². The van der Waals surface area contributed by atoms with Crippen LogP contribution in [0, 0.1) is 18.6 Å². The summed E-state index contributed by atoms with van der Waals surface area (Å²) in [5.74, 6) is -1.85. The fraction of sp³-hybridized carbons (Fsp3) is 0.0769. The van der Waals surface area contributed by atoms with E-state index in [-0.39, 0.29) is 20.7 Å². The third kappa shape index (κ3) is 3.16. The Morgan fingerprint density at radius 3 is 2.48 bits per heavy atom. The molecule has 2 aromatic carbocycles. The Labute approximate surface area is 129 Å². The van der Waals surface area contributed by atoms with E-state index >= 15 is 0 Å². The predicted molar refractivity (Wildman–Crippen MR) is 80.5 cm³/mol. The van der Waals surface area contributed by atoms with Gasteiger partial charge in [-0.05, 0) is 40.5 Å². The number of sulfonamides is 1. The lowest BCUT2D eigenvalue weighted by atomic mass is 10.2. The highest BCUT2D eigenvalue weighted by atomic mass is 79.9. The second kappa shape index (κ2) is 5.61. The van der Waals surface area contributed by atoms with E-state index in [4.69, 9.17) is 5.73 Å². The summed E-state index contributed by atoms with van der Waals surface area (Å²) in [5, 5.41) is 0. The van der Waals surface area contributed by atoms with Gasteiger partial charge in [0.1, 0.15) is 16.5 Å². The Hall–Kier alpha value is -1.67. The van der Waals surface area contributed by atoms with Crippen molar-refractivity contribution in [2.45, 2.75) is 11.8 Å². The molecule has 3 N–H and O–H groups in total. The molecule has 0 aliphatic heterocycles. The molecule has 0 aliphatic carbocycles. The first-order chi connectivity index (χ1) is 9.72. The maximum absolute atomic E-state index is 13.7. The smallest absolute Gasteiger partial charge is 0.264 e. The van der Waals surface area contributed by atoms with Gasteiger partial charge in [0, 0.05) is 6.07 Å². The van der Waals surface area contributed by atoms with Gasteiger partial charge in [-0.1, -0.05) is 12.1 Å². The molecule has 0 heterocycles. The lowest BCUT2D eigenvalue weighted by Gasteiger charge is -2.13. The average Bonchev–Trinajstić information content (AvgIpc) is 2.35. The Bertz CT molecular complexity index is 790. The van der Waals surface area contributed by atoms with E-state index in [1.54, 1.807) is 19.1 Å². The molecular formula is C13H11BrF2N2O2S. The van der Waals surface area contributed by atoms with Gasteiger partial charge in [0.25, 0.3) is 10.0 Å². The summed E-state index contributed by atoms with van der Waals surface area (Å²) in [4.78, 5) is -0.134. The number of hydrogen-bond acceptors (Lipinski definition) is 3. The van der Waals surface area contributed by atoms with Gasteiger partial charge in [0.05, 0.1) is 15.8 Å². The molecule has 2 rings (SSSR count). The summed E-state index contributed by atoms with van der Waals surface area (Å²) in [6, 6.07) is 6.21. The number of rotatable bonds is 3. The number of anilines is 2. The van der Waals surface area contributed by atoms with Gasteiger partial charge in [-0.15, -0.1) is 0 Å². The Balaban J connectivity index is 2.50. The van der Waals surface area contributed by atoms with E-state index in [0.29, 0.717) is 11.6 Å². The van der Waals surface area contributed by atoms with Crippen LogP contribution in [0.25, 0.3) is 0 Å². The van der Waals surface area contributed by atoms with Crippen molar-refractivity contribution < 1.29 is 17.2 Å². The largest absolute Gasteiger partial charge is 0.398 e. The molecule has 21 heavy (non-hydrogen) atoms. The van der Waals surface area contributed by atoms with Gasteiger partial charge < -0.3 is 5.73 Å². The average molecular weight is 377 g/mol. The van der Waals surface area contributed by atoms with Crippen molar-refractivity contribution in [3.05, 3.63) is 52.0 Å². The number of nitrogens with one attached hydrogen (secondary N) is 1. The molecule has 0 radical (unpaired) electrons. The van der Waals surface area contributed by atoms with E-state index in [2.05, 4.69) is 20.7 Å². The number of hydrogen-bond donors (Lipinski definition) is 2. The molecule has 0 atom stereocenters. The van der Waals surface area contributed by atoms with Crippen molar-refractivity contribution in [3.63, 3.8) is 0 Å². The van der Waals surface area contributed by atoms with Gasteiger partial charge in [0.2, 0.25) is 0 Å². The molecule has 0 spiro atoms. The second-order valence-electron chi connectivity index (χ2n) is 4.34. The fourth-order valence-electron chi connectivity index (χ4n) is 1.84.